The Balaban J connectivity index is 2.01. The van der Waals surface area contributed by atoms with Crippen LogP contribution in [0.3, 0.4) is 0 Å². The first kappa shape index (κ1) is 12.9. The summed E-state index contributed by atoms with van der Waals surface area (Å²) in [5, 5.41) is 10.7. The van der Waals surface area contributed by atoms with Gasteiger partial charge in [-0.2, -0.15) is 0 Å². The first-order valence-electron chi connectivity index (χ1n) is 7.32. The molecule has 1 heteroatoms. The van der Waals surface area contributed by atoms with Crippen molar-refractivity contribution in [2.45, 2.75) is 46.6 Å². The number of benzene rings is 1. The zero-order valence-electron chi connectivity index (χ0n) is 12.4. The van der Waals surface area contributed by atoms with E-state index in [-0.39, 0.29) is 16.9 Å². The van der Waals surface area contributed by atoms with E-state index in [9.17, 15) is 5.11 Å². The first-order valence-corrected chi connectivity index (χ1v) is 7.32. The smallest absolute Gasteiger partial charge is 0.0815 e. The summed E-state index contributed by atoms with van der Waals surface area (Å²) in [5.74, 6) is 0.536. The molecule has 2 saturated carbocycles. The average molecular weight is 256 g/mol. The summed E-state index contributed by atoms with van der Waals surface area (Å²) < 4.78 is 0. The van der Waals surface area contributed by atoms with Crippen molar-refractivity contribution in [3.8, 4) is 0 Å². The molecule has 19 heavy (non-hydrogen) atoms. The summed E-state index contributed by atoms with van der Waals surface area (Å²) in [6.45, 7) is 9.01. The van der Waals surface area contributed by atoms with E-state index in [1.165, 1.54) is 23.1 Å². The summed E-state index contributed by atoms with van der Waals surface area (Å²) in [4.78, 5) is 0. The lowest BCUT2D eigenvalue weighted by atomic mass is 9.70. The number of aryl methyl sites for hydroxylation is 1. The van der Waals surface area contributed by atoms with Crippen molar-refractivity contribution in [3.63, 3.8) is 0 Å². The van der Waals surface area contributed by atoms with E-state index in [1.807, 2.05) is 0 Å². The fourth-order valence-corrected chi connectivity index (χ4v) is 4.19. The molecule has 3 atom stereocenters. The molecule has 2 aliphatic rings. The molecular weight excluding hydrogens is 232 g/mol. The molecule has 1 nitrogen and oxygen atoms in total. The molecule has 0 heterocycles. The van der Waals surface area contributed by atoms with Gasteiger partial charge in [0.25, 0.3) is 0 Å². The third-order valence-corrected chi connectivity index (χ3v) is 6.03. The molecule has 0 radical (unpaired) electrons. The molecule has 0 aromatic heterocycles. The van der Waals surface area contributed by atoms with E-state index in [0.29, 0.717) is 5.92 Å². The molecule has 3 rings (SSSR count). The predicted molar refractivity (Wildman–Crippen MR) is 79.8 cm³/mol. The van der Waals surface area contributed by atoms with Crippen molar-refractivity contribution >= 4 is 6.08 Å². The van der Waals surface area contributed by atoms with E-state index in [2.05, 4.69) is 58.0 Å². The number of aliphatic hydroxyl groups is 1. The highest BCUT2D eigenvalue weighted by Crippen LogP contribution is 2.67. The minimum absolute atomic E-state index is 0.0498. The van der Waals surface area contributed by atoms with Gasteiger partial charge in [-0.3, -0.25) is 0 Å². The van der Waals surface area contributed by atoms with E-state index in [0.717, 1.165) is 6.42 Å². The van der Waals surface area contributed by atoms with Gasteiger partial charge in [0.1, 0.15) is 0 Å². The Kier molecular flexibility index (Phi) is 2.69. The Morgan fingerprint density at radius 3 is 2.32 bits per heavy atom. The van der Waals surface area contributed by atoms with Crippen molar-refractivity contribution < 1.29 is 5.11 Å². The van der Waals surface area contributed by atoms with E-state index in [4.69, 9.17) is 0 Å². The molecule has 102 valence electrons. The van der Waals surface area contributed by atoms with Crippen LogP contribution in [-0.2, 0) is 0 Å². The summed E-state index contributed by atoms with van der Waals surface area (Å²) in [5.41, 5.74) is 4.01. The number of hydrogen-bond acceptors (Lipinski definition) is 1. The van der Waals surface area contributed by atoms with Gasteiger partial charge in [0.2, 0.25) is 0 Å². The Labute approximate surface area is 116 Å². The van der Waals surface area contributed by atoms with Gasteiger partial charge in [0, 0.05) is 5.41 Å². The maximum absolute atomic E-state index is 10.7. The van der Waals surface area contributed by atoms with Crippen LogP contribution < -0.4 is 0 Å². The first-order chi connectivity index (χ1) is 8.86. The van der Waals surface area contributed by atoms with E-state index >= 15 is 0 Å². The van der Waals surface area contributed by atoms with Crippen molar-refractivity contribution in [2.75, 3.05) is 0 Å². The van der Waals surface area contributed by atoms with Gasteiger partial charge < -0.3 is 5.11 Å². The molecule has 0 saturated heterocycles. The zero-order chi connectivity index (χ0) is 13.8. The van der Waals surface area contributed by atoms with Crippen molar-refractivity contribution in [3.05, 3.63) is 41.0 Å². The quantitative estimate of drug-likeness (QED) is 0.798. The maximum atomic E-state index is 10.7. The Hall–Kier alpha value is -1.08. The minimum atomic E-state index is -0.275. The van der Waals surface area contributed by atoms with Crippen LogP contribution in [0.4, 0.5) is 0 Å². The van der Waals surface area contributed by atoms with Gasteiger partial charge >= 0.3 is 0 Å². The molecule has 0 unspecified atom stereocenters. The molecule has 2 bridgehead atoms. The van der Waals surface area contributed by atoms with Crippen LogP contribution >= 0.6 is 0 Å². The monoisotopic (exact) mass is 256 g/mol. The van der Waals surface area contributed by atoms with Gasteiger partial charge in [-0.25, -0.2) is 0 Å². The number of rotatable bonds is 1. The Morgan fingerprint density at radius 1 is 1.16 bits per heavy atom. The Morgan fingerprint density at radius 2 is 1.79 bits per heavy atom. The normalized spacial score (nSPS) is 38.1. The van der Waals surface area contributed by atoms with Gasteiger partial charge in [-0.1, -0.05) is 56.7 Å². The largest absolute Gasteiger partial charge is 0.388 e. The predicted octanol–water partition coefficient (Wildman–Crippen LogP) is 4.20. The third kappa shape index (κ3) is 1.64. The van der Waals surface area contributed by atoms with Crippen LogP contribution in [0, 0.1) is 23.7 Å². The lowest BCUT2D eigenvalue weighted by molar-refractivity contribution is 0.0264. The third-order valence-electron chi connectivity index (χ3n) is 6.03. The highest BCUT2D eigenvalue weighted by molar-refractivity contribution is 5.58. The molecule has 1 aromatic rings. The highest BCUT2D eigenvalue weighted by atomic mass is 16.3. The molecule has 0 spiro atoms. The lowest BCUT2D eigenvalue weighted by Gasteiger charge is -2.36. The number of aliphatic hydroxyl groups excluding tert-OH is 1. The maximum Gasteiger partial charge on any atom is 0.0815 e. The average Bonchev–Trinajstić information content (AvgIpc) is 2.66. The summed E-state index contributed by atoms with van der Waals surface area (Å²) in [6, 6.07) is 8.57. The van der Waals surface area contributed by atoms with Gasteiger partial charge in [-0.05, 0) is 42.2 Å². The summed E-state index contributed by atoms with van der Waals surface area (Å²) in [6.07, 6.45) is 4.32. The second-order valence-electron chi connectivity index (χ2n) is 7.19. The van der Waals surface area contributed by atoms with E-state index in [1.54, 1.807) is 0 Å². The fraction of sp³-hybridized carbons (Fsp3) is 0.556. The van der Waals surface area contributed by atoms with Crippen LogP contribution in [0.15, 0.2) is 29.8 Å². The fourth-order valence-electron chi connectivity index (χ4n) is 4.19. The SMILES string of the molecule is Cc1ccc(/C=C2\[C@H]3CC[C@](C)([C@@H]2O)C3(C)C)cc1. The van der Waals surface area contributed by atoms with Crippen molar-refractivity contribution in [2.24, 2.45) is 16.7 Å². The molecule has 2 fully saturated rings. The van der Waals surface area contributed by atoms with Crippen LogP contribution in [0.5, 0.6) is 0 Å². The Bertz CT molecular complexity index is 523. The minimum Gasteiger partial charge on any atom is -0.388 e. The molecule has 0 amide bonds. The number of hydrogen-bond donors (Lipinski definition) is 1. The lowest BCUT2D eigenvalue weighted by Crippen LogP contribution is -2.35. The molecule has 1 aromatic carbocycles. The molecule has 2 aliphatic carbocycles. The second-order valence-corrected chi connectivity index (χ2v) is 7.19. The van der Waals surface area contributed by atoms with Crippen LogP contribution in [0.25, 0.3) is 6.08 Å². The van der Waals surface area contributed by atoms with Crippen molar-refractivity contribution in [1.29, 1.82) is 0 Å². The second kappa shape index (κ2) is 3.96. The van der Waals surface area contributed by atoms with Gasteiger partial charge in [0.05, 0.1) is 6.10 Å². The molecular formula is C18H24O. The van der Waals surface area contributed by atoms with E-state index < -0.39 is 0 Å². The molecule has 1 N–H and O–H groups in total. The zero-order valence-corrected chi connectivity index (χ0v) is 12.4. The van der Waals surface area contributed by atoms with Gasteiger partial charge in [0.15, 0.2) is 0 Å². The topological polar surface area (TPSA) is 20.2 Å². The molecule has 0 aliphatic heterocycles. The highest BCUT2D eigenvalue weighted by Gasteiger charge is 2.63. The summed E-state index contributed by atoms with van der Waals surface area (Å²) in [7, 11) is 0. The standard InChI is InChI=1S/C18H24O/c1-12-5-7-13(8-6-12)11-14-15-9-10-18(4,16(14)19)17(15,2)3/h5-8,11,15-16,19H,9-10H2,1-4H3/b14-11+/t15-,16-,18-/m1/s1. The van der Waals surface area contributed by atoms with Crippen LogP contribution in [-0.4, -0.2) is 11.2 Å². The van der Waals surface area contributed by atoms with Crippen molar-refractivity contribution in [1.82, 2.24) is 0 Å². The van der Waals surface area contributed by atoms with Crippen LogP contribution in [0.1, 0.15) is 44.7 Å². The van der Waals surface area contributed by atoms with Crippen LogP contribution in [0.2, 0.25) is 0 Å². The number of fused-ring (bicyclic) bond motifs is 2. The van der Waals surface area contributed by atoms with Gasteiger partial charge in [-0.15, -0.1) is 0 Å². The summed E-state index contributed by atoms with van der Waals surface area (Å²) >= 11 is 0.